The van der Waals surface area contributed by atoms with E-state index in [-0.39, 0.29) is 31.1 Å². The van der Waals surface area contributed by atoms with Crippen molar-refractivity contribution in [2.24, 2.45) is 0 Å². The van der Waals surface area contributed by atoms with Crippen LogP contribution in [0.2, 0.25) is 0 Å². The van der Waals surface area contributed by atoms with Crippen molar-refractivity contribution in [1.82, 2.24) is 0 Å². The van der Waals surface area contributed by atoms with E-state index in [1.54, 1.807) is 0 Å². The molecule has 6 heteroatoms. The van der Waals surface area contributed by atoms with Gasteiger partial charge in [0.2, 0.25) is 0 Å². The fourth-order valence-electron chi connectivity index (χ4n) is 10.1. The van der Waals surface area contributed by atoms with Gasteiger partial charge in [0.25, 0.3) is 0 Å². The highest BCUT2D eigenvalue weighted by molar-refractivity contribution is 5.71. The van der Waals surface area contributed by atoms with Crippen LogP contribution in [-0.4, -0.2) is 37.2 Å². The molecule has 6 nitrogen and oxygen atoms in total. The van der Waals surface area contributed by atoms with Crippen LogP contribution in [0.3, 0.4) is 0 Å². The smallest absolute Gasteiger partial charge is 0.306 e. The van der Waals surface area contributed by atoms with Crippen molar-refractivity contribution >= 4 is 17.9 Å². The van der Waals surface area contributed by atoms with Gasteiger partial charge in [-0.1, -0.05) is 308 Å². The van der Waals surface area contributed by atoms with Gasteiger partial charge < -0.3 is 14.2 Å². The van der Waals surface area contributed by atoms with Crippen molar-refractivity contribution < 1.29 is 28.6 Å². The number of carbonyl (C=O) groups excluding carboxylic acids is 3. The van der Waals surface area contributed by atoms with Crippen LogP contribution in [0.4, 0.5) is 0 Å². The Hall–Kier alpha value is -2.11. The van der Waals surface area contributed by atoms with Crippen LogP contribution in [0.5, 0.6) is 0 Å². The number of ether oxygens (including phenoxy) is 3. The third kappa shape index (κ3) is 60.8. The van der Waals surface area contributed by atoms with Gasteiger partial charge >= 0.3 is 17.9 Å². The molecule has 0 saturated carbocycles. The minimum atomic E-state index is -0.769. The molecule has 0 fully saturated rings. The summed E-state index contributed by atoms with van der Waals surface area (Å²) in [6.45, 7) is 6.69. The van der Waals surface area contributed by atoms with E-state index in [1.807, 2.05) is 0 Å². The Kier molecular flexibility index (Phi) is 61.6. The van der Waals surface area contributed by atoms with Crippen LogP contribution in [0.15, 0.2) is 24.3 Å². The Morgan fingerprint density at radius 3 is 0.676 bits per heavy atom. The average Bonchev–Trinajstić information content (AvgIpc) is 3.40. The van der Waals surface area contributed by atoms with Crippen LogP contribution in [-0.2, 0) is 28.6 Å². The molecule has 436 valence electrons. The molecule has 0 heterocycles. The predicted molar refractivity (Wildman–Crippen MR) is 321 cm³/mol. The molecule has 0 amide bonds. The second-order valence-corrected chi connectivity index (χ2v) is 22.7. The Labute approximate surface area is 462 Å². The number of carbonyl (C=O) groups is 3. The first-order chi connectivity index (χ1) is 36.5. The zero-order valence-electron chi connectivity index (χ0n) is 50.1. The largest absolute Gasteiger partial charge is 0.462 e. The van der Waals surface area contributed by atoms with Gasteiger partial charge in [0.15, 0.2) is 6.10 Å². The number of hydrogen-bond donors (Lipinski definition) is 0. The molecule has 0 saturated heterocycles. The third-order valence-electron chi connectivity index (χ3n) is 15.2. The lowest BCUT2D eigenvalue weighted by molar-refractivity contribution is -0.167. The Balaban J connectivity index is 4.17. The third-order valence-corrected chi connectivity index (χ3v) is 15.2. The van der Waals surface area contributed by atoms with Crippen molar-refractivity contribution in [3.63, 3.8) is 0 Å². The number of unbranched alkanes of at least 4 members (excludes halogenated alkanes) is 47. The van der Waals surface area contributed by atoms with Gasteiger partial charge in [-0.15, -0.1) is 0 Å². The standard InChI is InChI=1S/C68H128O6/c1-4-7-10-13-16-19-22-24-26-28-30-31-32-33-34-35-36-37-38-40-41-43-46-49-52-55-58-61-67(70)73-64-65(63-72-66(69)60-57-54-51-48-45-21-18-15-12-9-6-3)74-68(71)62-59-56-53-50-47-44-42-39-29-27-25-23-20-17-14-11-8-5-2/h27-30,65H,4-26,31-64H2,1-3H3/b29-27-,30-28-. The van der Waals surface area contributed by atoms with E-state index in [0.717, 1.165) is 57.8 Å². The summed E-state index contributed by atoms with van der Waals surface area (Å²) in [6.07, 6.45) is 76.3. The molecule has 0 bridgehead atoms. The van der Waals surface area contributed by atoms with Crippen LogP contribution in [0.1, 0.15) is 374 Å². The lowest BCUT2D eigenvalue weighted by Crippen LogP contribution is -2.30. The van der Waals surface area contributed by atoms with Crippen molar-refractivity contribution in [3.8, 4) is 0 Å². The molecule has 0 aliphatic heterocycles. The van der Waals surface area contributed by atoms with Gasteiger partial charge in [-0.05, 0) is 70.6 Å². The summed E-state index contributed by atoms with van der Waals surface area (Å²) >= 11 is 0. The highest BCUT2D eigenvalue weighted by Crippen LogP contribution is 2.18. The molecular weight excluding hydrogens is 913 g/mol. The molecule has 0 aromatic heterocycles. The first-order valence-electron chi connectivity index (χ1n) is 33.3. The fraction of sp³-hybridized carbons (Fsp3) is 0.897. The van der Waals surface area contributed by atoms with E-state index in [2.05, 4.69) is 45.1 Å². The highest BCUT2D eigenvalue weighted by atomic mass is 16.6. The van der Waals surface area contributed by atoms with E-state index in [9.17, 15) is 14.4 Å². The Morgan fingerprint density at radius 2 is 0.446 bits per heavy atom. The maximum Gasteiger partial charge on any atom is 0.306 e. The van der Waals surface area contributed by atoms with Gasteiger partial charge in [-0.2, -0.15) is 0 Å². The molecule has 0 radical (unpaired) electrons. The summed E-state index contributed by atoms with van der Waals surface area (Å²) in [5, 5.41) is 0. The van der Waals surface area contributed by atoms with E-state index >= 15 is 0 Å². The minimum absolute atomic E-state index is 0.0675. The molecule has 74 heavy (non-hydrogen) atoms. The number of allylic oxidation sites excluding steroid dienone is 4. The maximum atomic E-state index is 12.9. The van der Waals surface area contributed by atoms with E-state index < -0.39 is 6.10 Å². The molecule has 0 rings (SSSR count). The Morgan fingerprint density at radius 1 is 0.257 bits per heavy atom. The van der Waals surface area contributed by atoms with Crippen LogP contribution < -0.4 is 0 Å². The SMILES string of the molecule is CCCCCCCCC/C=C\CCCCCCCCCC(=O)OC(COC(=O)CCCCCCCCCCCCC)COC(=O)CCCCCCCCCCCCCCCCC/C=C\CCCCCCCCCC. The molecule has 0 aliphatic carbocycles. The zero-order chi connectivity index (χ0) is 53.6. The molecule has 0 aromatic carbocycles. The summed E-state index contributed by atoms with van der Waals surface area (Å²) in [5.74, 6) is -0.846. The van der Waals surface area contributed by atoms with Crippen molar-refractivity contribution in [1.29, 1.82) is 0 Å². The first-order valence-corrected chi connectivity index (χ1v) is 33.3. The van der Waals surface area contributed by atoms with E-state index in [0.29, 0.717) is 19.3 Å². The molecule has 0 N–H and O–H groups in total. The summed E-state index contributed by atoms with van der Waals surface area (Å²) < 4.78 is 16.9. The number of rotatable bonds is 62. The molecule has 1 unspecified atom stereocenters. The quantitative estimate of drug-likeness (QED) is 0.0261. The fourth-order valence-corrected chi connectivity index (χ4v) is 10.1. The summed E-state index contributed by atoms with van der Waals surface area (Å²) in [5.41, 5.74) is 0. The second kappa shape index (κ2) is 63.4. The Bertz CT molecular complexity index is 1190. The number of esters is 3. The normalized spacial score (nSPS) is 12.1. The highest BCUT2D eigenvalue weighted by Gasteiger charge is 2.19. The van der Waals surface area contributed by atoms with Crippen LogP contribution >= 0.6 is 0 Å². The first kappa shape index (κ1) is 71.9. The topological polar surface area (TPSA) is 78.9 Å². The van der Waals surface area contributed by atoms with Gasteiger partial charge in [-0.25, -0.2) is 0 Å². The number of hydrogen-bond acceptors (Lipinski definition) is 6. The molecule has 0 spiro atoms. The van der Waals surface area contributed by atoms with Gasteiger partial charge in [0, 0.05) is 19.3 Å². The zero-order valence-corrected chi connectivity index (χ0v) is 50.1. The van der Waals surface area contributed by atoms with Crippen molar-refractivity contribution in [2.45, 2.75) is 380 Å². The van der Waals surface area contributed by atoms with Crippen molar-refractivity contribution in [3.05, 3.63) is 24.3 Å². The molecule has 1 atom stereocenters. The molecular formula is C68H128O6. The average molecular weight is 1040 g/mol. The van der Waals surface area contributed by atoms with Crippen LogP contribution in [0.25, 0.3) is 0 Å². The van der Waals surface area contributed by atoms with E-state index in [4.69, 9.17) is 14.2 Å². The minimum Gasteiger partial charge on any atom is -0.462 e. The molecule has 0 aliphatic rings. The summed E-state index contributed by atoms with van der Waals surface area (Å²) in [4.78, 5) is 38.3. The van der Waals surface area contributed by atoms with Crippen LogP contribution in [0, 0.1) is 0 Å². The lowest BCUT2D eigenvalue weighted by atomic mass is 10.0. The lowest BCUT2D eigenvalue weighted by Gasteiger charge is -2.18. The van der Waals surface area contributed by atoms with Gasteiger partial charge in [0.05, 0.1) is 0 Å². The predicted octanol–water partition coefficient (Wildman–Crippen LogP) is 22.6. The van der Waals surface area contributed by atoms with Gasteiger partial charge in [-0.3, -0.25) is 14.4 Å². The maximum absolute atomic E-state index is 12.9. The van der Waals surface area contributed by atoms with Gasteiger partial charge in [0.1, 0.15) is 13.2 Å². The summed E-state index contributed by atoms with van der Waals surface area (Å²) in [6, 6.07) is 0. The summed E-state index contributed by atoms with van der Waals surface area (Å²) in [7, 11) is 0. The second-order valence-electron chi connectivity index (χ2n) is 22.7. The van der Waals surface area contributed by atoms with Crippen molar-refractivity contribution in [2.75, 3.05) is 13.2 Å². The van der Waals surface area contributed by atoms with E-state index in [1.165, 1.54) is 276 Å². The monoisotopic (exact) mass is 1040 g/mol. The molecule has 0 aromatic rings.